The van der Waals surface area contributed by atoms with E-state index in [-0.39, 0.29) is 0 Å². The molecular formula is H2N4OSi4. The SMILES string of the molecule is N12[Si]34N5[Si]16N3[Si]25N46.O=[SiH2]. The first kappa shape index (κ1) is 3.77. The van der Waals surface area contributed by atoms with Crippen molar-refractivity contribution < 1.29 is 4.46 Å². The minimum Gasteiger partial charge on any atom is -0.396 e. The Labute approximate surface area is 56.9 Å². The molecular weight excluding hydrogens is 184 g/mol. The Bertz CT molecular complexity index is 202. The molecule has 0 aliphatic carbocycles. The van der Waals surface area contributed by atoms with Crippen LogP contribution in [0.15, 0.2) is 0 Å². The summed E-state index contributed by atoms with van der Waals surface area (Å²) in [7, 11) is -1.22. The maximum absolute atomic E-state index is 8.28. The molecule has 0 unspecified atom stereocenters. The van der Waals surface area contributed by atoms with Gasteiger partial charge in [0.2, 0.25) is 10.1 Å². The largest absolute Gasteiger partial charge is 0.396 e. The Balaban J connectivity index is 0.000000133. The fourth-order valence-corrected chi connectivity index (χ4v) is 46.9. The van der Waals surface area contributed by atoms with Crippen molar-refractivity contribution >= 4 is 36.3 Å². The summed E-state index contributed by atoms with van der Waals surface area (Å²) in [5.41, 5.74) is 0. The van der Waals surface area contributed by atoms with Crippen molar-refractivity contribution in [1.82, 2.24) is 15.6 Å². The second-order valence-electron chi connectivity index (χ2n) is 3.14. The summed E-state index contributed by atoms with van der Waals surface area (Å²) in [4.78, 5) is 0. The van der Waals surface area contributed by atoms with E-state index in [1.807, 2.05) is 0 Å². The molecule has 0 aromatic carbocycles. The van der Waals surface area contributed by atoms with Gasteiger partial charge < -0.3 is 4.46 Å². The van der Waals surface area contributed by atoms with Gasteiger partial charge in [0.15, 0.2) is 0 Å². The van der Waals surface area contributed by atoms with Gasteiger partial charge in [0.1, 0.15) is 0 Å². The van der Waals surface area contributed by atoms with Gasteiger partial charge in [-0.15, -0.1) is 0 Å². The predicted molar refractivity (Wildman–Crippen MR) is 33.8 cm³/mol. The van der Waals surface area contributed by atoms with Gasteiger partial charge in [-0.1, -0.05) is 0 Å². The minimum absolute atomic E-state index is 0.611. The molecule has 13 saturated heterocycles. The van der Waals surface area contributed by atoms with E-state index < -0.39 is 26.2 Å². The van der Waals surface area contributed by atoms with Crippen LogP contribution in [-0.2, 0) is 4.46 Å². The van der Waals surface area contributed by atoms with E-state index in [0.717, 1.165) is 0 Å². The normalized spacial score (nSPS) is 112. The monoisotopic (exact) mass is 186 g/mol. The fraction of sp³-hybridized carbons (Fsp3) is 0. The van der Waals surface area contributed by atoms with Gasteiger partial charge in [0.25, 0.3) is 0 Å². The van der Waals surface area contributed by atoms with E-state index in [1.54, 1.807) is 0 Å². The zero-order valence-electron chi connectivity index (χ0n) is 4.40. The molecule has 0 N–H and O–H groups in total. The Hall–Kier alpha value is 0.508. The second-order valence-corrected chi connectivity index (χ2v) is 17.5. The summed E-state index contributed by atoms with van der Waals surface area (Å²) in [6.07, 6.45) is 0. The highest BCUT2D eigenvalue weighted by molar-refractivity contribution is 7.78. The van der Waals surface area contributed by atoms with Crippen molar-refractivity contribution in [3.8, 4) is 0 Å². The third-order valence-electron chi connectivity index (χ3n) is 3.60. The highest BCUT2D eigenvalue weighted by atomic mass is 28.9. The number of nitrogens with zero attached hydrogens (tertiary/aromatic N) is 4. The highest BCUT2D eigenvalue weighted by Gasteiger charge is 3.52. The van der Waals surface area contributed by atoms with Crippen LogP contribution in [0.2, 0.25) is 0 Å². The Morgan fingerprint density at radius 2 is 0.889 bits per heavy atom. The van der Waals surface area contributed by atoms with Crippen molar-refractivity contribution in [2.75, 3.05) is 0 Å². The quantitative estimate of drug-likeness (QED) is 0.367. The van der Waals surface area contributed by atoms with E-state index in [1.165, 1.54) is 0 Å². The maximum Gasteiger partial charge on any atom is 0.346 e. The molecule has 0 radical (unpaired) electrons. The van der Waals surface area contributed by atoms with Crippen molar-refractivity contribution in [1.29, 1.82) is 0 Å². The van der Waals surface area contributed by atoms with Crippen LogP contribution in [0, 0.1) is 0 Å². The van der Waals surface area contributed by atoms with E-state index >= 15 is 0 Å². The lowest BCUT2D eigenvalue weighted by Gasteiger charge is -3.43. The van der Waals surface area contributed by atoms with Gasteiger partial charge in [-0.25, -0.2) is 0 Å². The van der Waals surface area contributed by atoms with Gasteiger partial charge >= 0.3 is 26.2 Å². The van der Waals surface area contributed by atoms with Crippen LogP contribution in [0.3, 0.4) is 0 Å². The molecule has 9 heavy (non-hydrogen) atoms. The maximum atomic E-state index is 8.28. The third-order valence-corrected chi connectivity index (χ3v) is 32.4. The van der Waals surface area contributed by atoms with Crippen LogP contribution in [0.1, 0.15) is 0 Å². The molecule has 44 valence electrons. The molecule has 7 bridgehead atoms. The molecule has 13 rings (SSSR count). The Morgan fingerprint density at radius 1 is 0.778 bits per heavy atom. The van der Waals surface area contributed by atoms with E-state index in [0.29, 0.717) is 10.1 Å². The molecule has 0 saturated carbocycles. The second kappa shape index (κ2) is 0.515. The molecule has 0 amide bonds. The number of hydrogen-bond donors (Lipinski definition) is 0. The van der Waals surface area contributed by atoms with Crippen molar-refractivity contribution in [2.24, 2.45) is 0 Å². The Kier molecular flexibility index (Phi) is 0.216. The molecule has 13 heterocycles. The number of hydrogen-bond acceptors (Lipinski definition) is 5. The van der Waals surface area contributed by atoms with Crippen molar-refractivity contribution in [2.45, 2.75) is 0 Å². The first-order chi connectivity index (χ1) is 4.46. The lowest BCUT2D eigenvalue weighted by Crippen LogP contribution is -3.81. The summed E-state index contributed by atoms with van der Waals surface area (Å²) < 4.78 is 20.2. The van der Waals surface area contributed by atoms with Crippen LogP contribution >= 0.6 is 0 Å². The van der Waals surface area contributed by atoms with Crippen molar-refractivity contribution in [3.63, 3.8) is 0 Å². The first-order valence-corrected chi connectivity index (χ1v) is 8.92. The van der Waals surface area contributed by atoms with Gasteiger partial charge in [-0.2, -0.15) is 0 Å². The van der Waals surface area contributed by atoms with Crippen LogP contribution in [0.4, 0.5) is 0 Å². The zero-order chi connectivity index (χ0) is 5.81. The fourth-order valence-electron chi connectivity index (χ4n) is 3.41. The summed E-state index contributed by atoms with van der Waals surface area (Å²) in [6.45, 7) is 0. The molecule has 5 nitrogen and oxygen atoms in total. The van der Waals surface area contributed by atoms with E-state index in [2.05, 4.69) is 15.6 Å². The molecule has 9 heteroatoms. The van der Waals surface area contributed by atoms with Gasteiger partial charge in [-0.3, -0.25) is 15.6 Å². The lowest BCUT2D eigenvalue weighted by molar-refractivity contribution is -0.180. The standard InChI is InChI=1S/N4Si3.H2OSi/c1-5-2-6(1)3(5)7(1,2)4(5)6;1-2/h;2H2. The molecule has 0 aromatic heterocycles. The Morgan fingerprint density at radius 3 is 0.889 bits per heavy atom. The van der Waals surface area contributed by atoms with E-state index in [4.69, 9.17) is 4.46 Å². The van der Waals surface area contributed by atoms with Crippen LogP contribution in [0.25, 0.3) is 0 Å². The van der Waals surface area contributed by atoms with E-state index in [9.17, 15) is 0 Å². The van der Waals surface area contributed by atoms with Gasteiger partial charge in [0.05, 0.1) is 0 Å². The molecule has 13 aliphatic heterocycles. The summed E-state index contributed by atoms with van der Waals surface area (Å²) >= 11 is 0. The molecule has 13 aliphatic rings. The van der Waals surface area contributed by atoms with Crippen molar-refractivity contribution in [3.05, 3.63) is 0 Å². The third kappa shape index (κ3) is 0.0685. The molecule has 0 aromatic rings. The summed E-state index contributed by atoms with van der Waals surface area (Å²) in [5, 5.41) is 0. The smallest absolute Gasteiger partial charge is 0.346 e. The topological polar surface area (TPSA) is 30.0 Å². The average molecular weight is 186 g/mol. The highest BCUT2D eigenvalue weighted by Crippen LogP contribution is 3.12. The predicted octanol–water partition coefficient (Wildman–Crippen LogP) is -3.45. The number of rotatable bonds is 0. The van der Waals surface area contributed by atoms with Gasteiger partial charge in [-0.05, 0) is 0 Å². The summed E-state index contributed by atoms with van der Waals surface area (Å²) in [5.74, 6) is 0. The van der Waals surface area contributed by atoms with Crippen LogP contribution < -0.4 is 0 Å². The molecule has 3 spiro atoms. The molecule has 0 atom stereocenters. The average Bonchev–Trinajstić information content (AvgIpc) is 1.20. The minimum atomic E-state index is -0.611. The zero-order valence-corrected chi connectivity index (χ0v) is 8.82. The van der Waals surface area contributed by atoms with Crippen LogP contribution in [0.5, 0.6) is 0 Å². The van der Waals surface area contributed by atoms with Crippen LogP contribution in [-0.4, -0.2) is 51.9 Å². The molecule has 13 fully saturated rings. The summed E-state index contributed by atoms with van der Waals surface area (Å²) in [6, 6.07) is 0. The lowest BCUT2D eigenvalue weighted by atomic mass is 13.2. The van der Waals surface area contributed by atoms with Gasteiger partial charge in [0, 0.05) is 0 Å². The first-order valence-electron chi connectivity index (χ1n) is 2.97.